The molecule has 6 nitrogen and oxygen atoms in total. The lowest BCUT2D eigenvalue weighted by Crippen LogP contribution is -2.50. The Morgan fingerprint density at radius 3 is 2.29 bits per heavy atom. The van der Waals surface area contributed by atoms with Crippen LogP contribution in [0.2, 0.25) is 0 Å². The molecule has 2 unspecified atom stereocenters. The highest BCUT2D eigenvalue weighted by Crippen LogP contribution is 2.27. The molecule has 0 radical (unpaired) electrons. The molecule has 2 aliphatic rings. The second kappa shape index (κ2) is 8.81. The molecule has 1 aliphatic heterocycles. The summed E-state index contributed by atoms with van der Waals surface area (Å²) in [6.45, 7) is 4.58. The molecular formula is C18H33N3O3. The molecule has 138 valence electrons. The van der Waals surface area contributed by atoms with E-state index in [1.165, 1.54) is 19.3 Å². The van der Waals surface area contributed by atoms with Crippen LogP contribution in [0.4, 0.5) is 0 Å². The fourth-order valence-electron chi connectivity index (χ4n) is 4.22. The first-order chi connectivity index (χ1) is 11.4. The zero-order valence-electron chi connectivity index (χ0n) is 15.4. The fraction of sp³-hybridized carbons (Fsp3) is 0.889. The van der Waals surface area contributed by atoms with Gasteiger partial charge in [-0.1, -0.05) is 19.8 Å². The number of aliphatic carboxylic acids is 1. The van der Waals surface area contributed by atoms with E-state index in [1.54, 1.807) is 0 Å². The van der Waals surface area contributed by atoms with E-state index >= 15 is 0 Å². The zero-order chi connectivity index (χ0) is 17.7. The zero-order valence-corrected chi connectivity index (χ0v) is 15.4. The van der Waals surface area contributed by atoms with Crippen LogP contribution >= 0.6 is 0 Å². The van der Waals surface area contributed by atoms with Crippen LogP contribution in [0.5, 0.6) is 0 Å². The molecule has 1 saturated heterocycles. The van der Waals surface area contributed by atoms with Gasteiger partial charge in [0.15, 0.2) is 0 Å². The number of carboxylic acids is 1. The average molecular weight is 339 g/mol. The summed E-state index contributed by atoms with van der Waals surface area (Å²) in [7, 11) is 3.83. The molecule has 1 saturated carbocycles. The number of piperidine rings is 1. The first kappa shape index (κ1) is 19.2. The molecule has 0 aromatic carbocycles. The Balaban J connectivity index is 1.76. The Morgan fingerprint density at radius 2 is 1.71 bits per heavy atom. The second-order valence-corrected chi connectivity index (χ2v) is 7.65. The lowest BCUT2D eigenvalue weighted by atomic mass is 9.85. The van der Waals surface area contributed by atoms with E-state index in [0.717, 1.165) is 32.4 Å². The summed E-state index contributed by atoms with van der Waals surface area (Å²) in [6.07, 6.45) is 6.74. The number of likely N-dealkylation sites (N-methyl/N-ethyl adjacent to an activating group) is 2. The summed E-state index contributed by atoms with van der Waals surface area (Å²) in [4.78, 5) is 29.5. The summed E-state index contributed by atoms with van der Waals surface area (Å²) >= 11 is 0. The number of rotatable bonds is 6. The van der Waals surface area contributed by atoms with E-state index in [0.29, 0.717) is 24.5 Å². The van der Waals surface area contributed by atoms with E-state index in [-0.39, 0.29) is 12.5 Å². The van der Waals surface area contributed by atoms with Gasteiger partial charge < -0.3 is 10.0 Å². The number of amides is 1. The van der Waals surface area contributed by atoms with Gasteiger partial charge in [-0.05, 0) is 38.6 Å². The van der Waals surface area contributed by atoms with Gasteiger partial charge in [-0.25, -0.2) is 0 Å². The standard InChI is InChI=1S/C18H33N3O3/c1-14-6-4-5-7-16(14)20(3)17(22)12-21-10-8-15(9-11-21)19(2)13-18(23)24/h14-16H,4-13H2,1-3H3,(H,23,24). The lowest BCUT2D eigenvalue weighted by Gasteiger charge is -2.39. The maximum absolute atomic E-state index is 12.6. The van der Waals surface area contributed by atoms with Crippen LogP contribution < -0.4 is 0 Å². The third-order valence-corrected chi connectivity index (χ3v) is 5.88. The van der Waals surface area contributed by atoms with Crippen molar-refractivity contribution >= 4 is 11.9 Å². The van der Waals surface area contributed by atoms with Gasteiger partial charge in [0.25, 0.3) is 0 Å². The molecule has 1 aliphatic carbocycles. The summed E-state index contributed by atoms with van der Waals surface area (Å²) < 4.78 is 0. The number of carbonyl (C=O) groups excluding carboxylic acids is 1. The van der Waals surface area contributed by atoms with Gasteiger partial charge in [-0.15, -0.1) is 0 Å². The molecule has 1 amide bonds. The number of likely N-dealkylation sites (tertiary alicyclic amines) is 1. The molecule has 6 heteroatoms. The molecule has 2 atom stereocenters. The molecule has 0 bridgehead atoms. The van der Waals surface area contributed by atoms with Crippen molar-refractivity contribution in [3.8, 4) is 0 Å². The fourth-order valence-corrected chi connectivity index (χ4v) is 4.22. The van der Waals surface area contributed by atoms with Gasteiger partial charge in [0.2, 0.25) is 5.91 Å². The van der Waals surface area contributed by atoms with E-state index < -0.39 is 5.97 Å². The molecule has 0 aromatic heterocycles. The molecule has 0 spiro atoms. The van der Waals surface area contributed by atoms with Crippen LogP contribution in [-0.4, -0.2) is 84.0 Å². The van der Waals surface area contributed by atoms with Crippen LogP contribution in [0.15, 0.2) is 0 Å². The van der Waals surface area contributed by atoms with Crippen molar-refractivity contribution in [2.45, 2.75) is 57.5 Å². The number of carbonyl (C=O) groups is 2. The minimum absolute atomic E-state index is 0.0892. The van der Waals surface area contributed by atoms with Gasteiger partial charge in [0.1, 0.15) is 0 Å². The quantitative estimate of drug-likeness (QED) is 0.795. The molecule has 1 heterocycles. The van der Waals surface area contributed by atoms with E-state index in [9.17, 15) is 9.59 Å². The topological polar surface area (TPSA) is 64.1 Å². The molecule has 2 fully saturated rings. The van der Waals surface area contributed by atoms with Crippen molar-refractivity contribution in [2.75, 3.05) is 40.3 Å². The molecule has 24 heavy (non-hydrogen) atoms. The Hall–Kier alpha value is -1.14. The first-order valence-corrected chi connectivity index (χ1v) is 9.28. The SMILES string of the molecule is CC1CCCCC1N(C)C(=O)CN1CCC(N(C)CC(=O)O)CC1. The Bertz CT molecular complexity index is 435. The summed E-state index contributed by atoms with van der Waals surface area (Å²) in [6, 6.07) is 0.703. The maximum atomic E-state index is 12.6. The first-order valence-electron chi connectivity index (χ1n) is 9.28. The smallest absolute Gasteiger partial charge is 0.317 e. The third-order valence-electron chi connectivity index (χ3n) is 5.88. The Labute approximate surface area is 145 Å². The van der Waals surface area contributed by atoms with Crippen molar-refractivity contribution in [3.63, 3.8) is 0 Å². The number of hydrogen-bond donors (Lipinski definition) is 1. The van der Waals surface area contributed by atoms with Crippen LogP contribution in [0.3, 0.4) is 0 Å². The van der Waals surface area contributed by atoms with Crippen molar-refractivity contribution in [3.05, 3.63) is 0 Å². The van der Waals surface area contributed by atoms with Crippen LogP contribution in [-0.2, 0) is 9.59 Å². The summed E-state index contributed by atoms with van der Waals surface area (Å²) in [5.74, 6) is 0.0486. The van der Waals surface area contributed by atoms with Crippen molar-refractivity contribution in [2.24, 2.45) is 5.92 Å². The average Bonchev–Trinajstić information content (AvgIpc) is 2.54. The highest BCUT2D eigenvalue weighted by molar-refractivity contribution is 5.78. The van der Waals surface area contributed by atoms with Gasteiger partial charge >= 0.3 is 5.97 Å². The highest BCUT2D eigenvalue weighted by atomic mass is 16.4. The van der Waals surface area contributed by atoms with E-state index in [1.807, 2.05) is 23.9 Å². The predicted molar refractivity (Wildman–Crippen MR) is 93.9 cm³/mol. The summed E-state index contributed by atoms with van der Waals surface area (Å²) in [5, 5.41) is 8.89. The molecule has 2 rings (SSSR count). The number of carboxylic acid groups (broad SMARTS) is 1. The monoisotopic (exact) mass is 339 g/mol. The summed E-state index contributed by atoms with van der Waals surface area (Å²) in [5.41, 5.74) is 0. The van der Waals surface area contributed by atoms with Crippen LogP contribution in [0, 0.1) is 5.92 Å². The largest absolute Gasteiger partial charge is 0.480 e. The van der Waals surface area contributed by atoms with Crippen molar-refractivity contribution < 1.29 is 14.7 Å². The minimum atomic E-state index is -0.779. The van der Waals surface area contributed by atoms with Crippen molar-refractivity contribution in [1.29, 1.82) is 0 Å². The Kier molecular flexibility index (Phi) is 7.04. The third kappa shape index (κ3) is 5.18. The minimum Gasteiger partial charge on any atom is -0.480 e. The van der Waals surface area contributed by atoms with Gasteiger partial charge in [-0.3, -0.25) is 19.4 Å². The highest BCUT2D eigenvalue weighted by Gasteiger charge is 2.30. The van der Waals surface area contributed by atoms with Gasteiger partial charge in [0, 0.05) is 32.2 Å². The molecule has 1 N–H and O–H groups in total. The Morgan fingerprint density at radius 1 is 1.08 bits per heavy atom. The predicted octanol–water partition coefficient (Wildman–Crippen LogP) is 1.50. The molecular weight excluding hydrogens is 306 g/mol. The van der Waals surface area contributed by atoms with E-state index in [2.05, 4.69) is 11.8 Å². The normalized spacial score (nSPS) is 26.5. The van der Waals surface area contributed by atoms with Crippen LogP contribution in [0.25, 0.3) is 0 Å². The van der Waals surface area contributed by atoms with Crippen molar-refractivity contribution in [1.82, 2.24) is 14.7 Å². The number of hydrogen-bond acceptors (Lipinski definition) is 4. The van der Waals surface area contributed by atoms with E-state index in [4.69, 9.17) is 5.11 Å². The van der Waals surface area contributed by atoms with Gasteiger partial charge in [0.05, 0.1) is 13.1 Å². The second-order valence-electron chi connectivity index (χ2n) is 7.65. The molecule has 0 aromatic rings. The van der Waals surface area contributed by atoms with Crippen LogP contribution in [0.1, 0.15) is 45.4 Å². The lowest BCUT2D eigenvalue weighted by molar-refractivity contribution is -0.138. The number of nitrogens with zero attached hydrogens (tertiary/aromatic N) is 3. The van der Waals surface area contributed by atoms with Gasteiger partial charge in [-0.2, -0.15) is 0 Å². The maximum Gasteiger partial charge on any atom is 0.317 e.